The fourth-order valence-corrected chi connectivity index (χ4v) is 2.17. The monoisotopic (exact) mass is 319 g/mol. The van der Waals surface area contributed by atoms with Crippen LogP contribution in [0.2, 0.25) is 0 Å². The Kier molecular flexibility index (Phi) is 7.40. The summed E-state index contributed by atoms with van der Waals surface area (Å²) in [6, 6.07) is 13.6. The van der Waals surface area contributed by atoms with Crippen molar-refractivity contribution >= 4 is 24.0 Å². The maximum Gasteiger partial charge on any atom is 0.228 e. The first-order chi connectivity index (χ1) is 10.2. The van der Waals surface area contributed by atoms with Gasteiger partial charge in [-0.25, -0.2) is 0 Å². The normalized spacial score (nSPS) is 9.86. The molecule has 0 saturated heterocycles. The maximum atomic E-state index is 12.4. The molecular formula is C17H22ClN3O. The zero-order valence-corrected chi connectivity index (χ0v) is 13.6. The van der Waals surface area contributed by atoms with E-state index in [2.05, 4.69) is 11.9 Å². The summed E-state index contributed by atoms with van der Waals surface area (Å²) in [7, 11) is 0. The van der Waals surface area contributed by atoms with Gasteiger partial charge in [0.25, 0.3) is 0 Å². The third-order valence-electron chi connectivity index (χ3n) is 3.24. The number of carbonyl (C=O) groups is 1. The van der Waals surface area contributed by atoms with E-state index >= 15 is 0 Å². The summed E-state index contributed by atoms with van der Waals surface area (Å²) < 4.78 is 0. The smallest absolute Gasteiger partial charge is 0.228 e. The lowest BCUT2D eigenvalue weighted by Gasteiger charge is -2.22. The van der Waals surface area contributed by atoms with Gasteiger partial charge in [0.15, 0.2) is 0 Å². The zero-order valence-electron chi connectivity index (χ0n) is 12.7. The van der Waals surface area contributed by atoms with Crippen molar-refractivity contribution in [2.75, 3.05) is 12.3 Å². The second kappa shape index (κ2) is 9.05. The van der Waals surface area contributed by atoms with Crippen molar-refractivity contribution in [1.29, 1.82) is 0 Å². The standard InChI is InChI=1S/C17H21N3O.ClH/c1-2-10-20(13-14-6-4-3-5-7-14)17(21)11-16-9-8-15(18)12-19-16;/h3-9,12H,2,10-11,13,18H2,1H3;1H. The van der Waals surface area contributed by atoms with Crippen molar-refractivity contribution in [3.63, 3.8) is 0 Å². The molecule has 1 aromatic heterocycles. The minimum absolute atomic E-state index is 0. The molecule has 0 unspecified atom stereocenters. The van der Waals surface area contributed by atoms with Crippen molar-refractivity contribution in [3.05, 3.63) is 59.9 Å². The van der Waals surface area contributed by atoms with E-state index in [0.717, 1.165) is 24.2 Å². The summed E-state index contributed by atoms with van der Waals surface area (Å²) in [6.45, 7) is 3.47. The summed E-state index contributed by atoms with van der Waals surface area (Å²) in [5.74, 6) is 0.0953. The molecule has 1 aromatic carbocycles. The van der Waals surface area contributed by atoms with Gasteiger partial charge in [-0.2, -0.15) is 0 Å². The molecule has 0 spiro atoms. The number of rotatable bonds is 6. The molecule has 2 N–H and O–H groups in total. The molecule has 0 aliphatic heterocycles. The first-order valence-electron chi connectivity index (χ1n) is 7.21. The predicted octanol–water partition coefficient (Wildman–Crippen LogP) is 3.07. The van der Waals surface area contributed by atoms with Gasteiger partial charge in [-0.1, -0.05) is 37.3 Å². The molecule has 0 atom stereocenters. The summed E-state index contributed by atoms with van der Waals surface area (Å²) >= 11 is 0. The minimum atomic E-state index is 0. The minimum Gasteiger partial charge on any atom is -0.397 e. The Hall–Kier alpha value is -2.07. The fourth-order valence-electron chi connectivity index (χ4n) is 2.17. The van der Waals surface area contributed by atoms with Crippen LogP contribution in [0.5, 0.6) is 0 Å². The quantitative estimate of drug-likeness (QED) is 0.890. The Bertz CT molecular complexity index is 572. The molecule has 0 fully saturated rings. The van der Waals surface area contributed by atoms with Crippen molar-refractivity contribution in [3.8, 4) is 0 Å². The highest BCUT2D eigenvalue weighted by molar-refractivity contribution is 5.85. The number of nitrogens with zero attached hydrogens (tertiary/aromatic N) is 2. The Morgan fingerprint density at radius 3 is 2.50 bits per heavy atom. The van der Waals surface area contributed by atoms with E-state index in [1.165, 1.54) is 0 Å². The summed E-state index contributed by atoms with van der Waals surface area (Å²) in [6.07, 6.45) is 2.84. The van der Waals surface area contributed by atoms with E-state index < -0.39 is 0 Å². The molecule has 22 heavy (non-hydrogen) atoms. The van der Waals surface area contributed by atoms with Gasteiger partial charge < -0.3 is 10.6 Å². The predicted molar refractivity (Wildman–Crippen MR) is 91.8 cm³/mol. The van der Waals surface area contributed by atoms with Crippen LogP contribution in [-0.2, 0) is 17.8 Å². The highest BCUT2D eigenvalue weighted by atomic mass is 35.5. The van der Waals surface area contributed by atoms with Gasteiger partial charge in [0, 0.05) is 18.8 Å². The largest absolute Gasteiger partial charge is 0.397 e. The molecule has 1 amide bonds. The van der Waals surface area contributed by atoms with Crippen LogP contribution in [0.1, 0.15) is 24.6 Å². The summed E-state index contributed by atoms with van der Waals surface area (Å²) in [5.41, 5.74) is 8.12. The molecule has 1 heterocycles. The first-order valence-corrected chi connectivity index (χ1v) is 7.21. The van der Waals surface area contributed by atoms with Crippen LogP contribution in [0.15, 0.2) is 48.7 Å². The average Bonchev–Trinajstić information content (AvgIpc) is 2.50. The fraction of sp³-hybridized carbons (Fsp3) is 0.294. The lowest BCUT2D eigenvalue weighted by atomic mass is 10.2. The number of benzene rings is 1. The molecule has 2 rings (SSSR count). The van der Waals surface area contributed by atoms with E-state index in [9.17, 15) is 4.79 Å². The number of carbonyl (C=O) groups excluding carboxylic acids is 1. The van der Waals surface area contributed by atoms with Crippen LogP contribution in [-0.4, -0.2) is 22.3 Å². The number of nitrogen functional groups attached to an aromatic ring is 1. The molecule has 4 nitrogen and oxygen atoms in total. The number of amides is 1. The molecule has 0 bridgehead atoms. The number of halogens is 1. The second-order valence-electron chi connectivity index (χ2n) is 5.06. The molecule has 0 aliphatic carbocycles. The van der Waals surface area contributed by atoms with Gasteiger partial charge in [0.05, 0.1) is 18.3 Å². The summed E-state index contributed by atoms with van der Waals surface area (Å²) in [4.78, 5) is 18.5. The molecule has 2 aromatic rings. The van der Waals surface area contributed by atoms with E-state index in [0.29, 0.717) is 18.7 Å². The Morgan fingerprint density at radius 2 is 1.91 bits per heavy atom. The third-order valence-corrected chi connectivity index (χ3v) is 3.24. The van der Waals surface area contributed by atoms with Crippen molar-refractivity contribution < 1.29 is 4.79 Å². The number of nitrogens with two attached hydrogens (primary N) is 1. The number of pyridine rings is 1. The SMILES string of the molecule is CCCN(Cc1ccccc1)C(=O)Cc1ccc(N)cn1.Cl. The van der Waals surface area contributed by atoms with Gasteiger partial charge in [-0.15, -0.1) is 12.4 Å². The van der Waals surface area contributed by atoms with Gasteiger partial charge in [-0.3, -0.25) is 9.78 Å². The molecule has 5 heteroatoms. The first kappa shape index (κ1) is 18.0. The number of hydrogen-bond acceptors (Lipinski definition) is 3. The Balaban J connectivity index is 0.00000242. The molecule has 0 radical (unpaired) electrons. The van der Waals surface area contributed by atoms with Crippen LogP contribution < -0.4 is 5.73 Å². The Morgan fingerprint density at radius 1 is 1.18 bits per heavy atom. The molecule has 0 saturated carbocycles. The Labute approximate surface area is 137 Å². The highest BCUT2D eigenvalue weighted by Crippen LogP contribution is 2.09. The van der Waals surface area contributed by atoms with Crippen LogP contribution in [0.4, 0.5) is 5.69 Å². The zero-order chi connectivity index (χ0) is 15.1. The van der Waals surface area contributed by atoms with E-state index in [-0.39, 0.29) is 18.3 Å². The number of hydrogen-bond donors (Lipinski definition) is 1. The number of anilines is 1. The maximum absolute atomic E-state index is 12.4. The van der Waals surface area contributed by atoms with Gasteiger partial charge in [-0.05, 0) is 24.1 Å². The lowest BCUT2D eigenvalue weighted by Crippen LogP contribution is -2.32. The van der Waals surface area contributed by atoms with Gasteiger partial charge in [0.2, 0.25) is 5.91 Å². The van der Waals surface area contributed by atoms with Gasteiger partial charge in [0.1, 0.15) is 0 Å². The number of aromatic nitrogens is 1. The van der Waals surface area contributed by atoms with E-state index in [1.54, 1.807) is 18.3 Å². The summed E-state index contributed by atoms with van der Waals surface area (Å²) in [5, 5.41) is 0. The lowest BCUT2D eigenvalue weighted by molar-refractivity contribution is -0.131. The molecular weight excluding hydrogens is 298 g/mol. The molecule has 0 aliphatic rings. The second-order valence-corrected chi connectivity index (χ2v) is 5.06. The van der Waals surface area contributed by atoms with Crippen molar-refractivity contribution in [2.24, 2.45) is 0 Å². The van der Waals surface area contributed by atoms with Crippen molar-refractivity contribution in [1.82, 2.24) is 9.88 Å². The van der Waals surface area contributed by atoms with Gasteiger partial charge >= 0.3 is 0 Å². The topological polar surface area (TPSA) is 59.2 Å². The van der Waals surface area contributed by atoms with E-state index in [1.807, 2.05) is 35.2 Å². The molecule has 118 valence electrons. The average molecular weight is 320 g/mol. The van der Waals surface area contributed by atoms with Crippen molar-refractivity contribution in [2.45, 2.75) is 26.3 Å². The van der Waals surface area contributed by atoms with Crippen LogP contribution >= 0.6 is 12.4 Å². The van der Waals surface area contributed by atoms with Crippen LogP contribution in [0.25, 0.3) is 0 Å². The van der Waals surface area contributed by atoms with Crippen LogP contribution in [0, 0.1) is 0 Å². The third kappa shape index (κ3) is 5.37. The van der Waals surface area contributed by atoms with Crippen LogP contribution in [0.3, 0.4) is 0 Å². The van der Waals surface area contributed by atoms with E-state index in [4.69, 9.17) is 5.73 Å². The highest BCUT2D eigenvalue weighted by Gasteiger charge is 2.14.